The normalized spacial score (nSPS) is 11.9. The monoisotopic (exact) mass is 283 g/mol. The third-order valence-corrected chi connectivity index (χ3v) is 3.39. The van der Waals surface area contributed by atoms with Crippen LogP contribution in [0.5, 0.6) is 0 Å². The molecule has 2 rings (SSSR count). The number of hydrogen-bond donors (Lipinski definition) is 2. The van der Waals surface area contributed by atoms with Gasteiger partial charge in [0.2, 0.25) is 5.91 Å². The summed E-state index contributed by atoms with van der Waals surface area (Å²) in [6.45, 7) is 1.72. The van der Waals surface area contributed by atoms with E-state index in [-0.39, 0.29) is 5.91 Å². The number of amides is 1. The van der Waals surface area contributed by atoms with Crippen LogP contribution in [0.15, 0.2) is 54.6 Å². The highest BCUT2D eigenvalue weighted by Gasteiger charge is 2.04. The van der Waals surface area contributed by atoms with E-state index in [9.17, 15) is 9.90 Å². The van der Waals surface area contributed by atoms with Crippen molar-refractivity contribution in [2.45, 2.75) is 32.3 Å². The zero-order valence-corrected chi connectivity index (χ0v) is 12.3. The molecule has 0 aliphatic rings. The summed E-state index contributed by atoms with van der Waals surface area (Å²) in [5.74, 6) is 0.0238. The Balaban J connectivity index is 1.76. The van der Waals surface area contributed by atoms with Gasteiger partial charge in [-0.15, -0.1) is 0 Å². The fourth-order valence-electron chi connectivity index (χ4n) is 2.17. The average molecular weight is 283 g/mol. The minimum absolute atomic E-state index is 0.0238. The molecule has 0 aliphatic carbocycles. The van der Waals surface area contributed by atoms with Crippen molar-refractivity contribution in [1.29, 1.82) is 0 Å². The van der Waals surface area contributed by atoms with E-state index in [4.69, 9.17) is 0 Å². The maximum absolute atomic E-state index is 11.9. The average Bonchev–Trinajstić information content (AvgIpc) is 2.49. The zero-order chi connectivity index (χ0) is 15.1. The van der Waals surface area contributed by atoms with Crippen LogP contribution >= 0.6 is 0 Å². The third-order valence-electron chi connectivity index (χ3n) is 3.39. The van der Waals surface area contributed by atoms with Crippen LogP contribution in [0.2, 0.25) is 0 Å². The van der Waals surface area contributed by atoms with Crippen LogP contribution < -0.4 is 5.32 Å². The van der Waals surface area contributed by atoms with Gasteiger partial charge in [-0.3, -0.25) is 4.79 Å². The van der Waals surface area contributed by atoms with Gasteiger partial charge in [-0.2, -0.15) is 0 Å². The molecule has 2 N–H and O–H groups in total. The molecule has 3 heteroatoms. The van der Waals surface area contributed by atoms with Crippen LogP contribution in [0.4, 0.5) is 5.69 Å². The molecule has 1 atom stereocenters. The highest BCUT2D eigenvalue weighted by molar-refractivity contribution is 5.90. The summed E-state index contributed by atoms with van der Waals surface area (Å²) in [6.07, 6.45) is 1.77. The summed E-state index contributed by atoms with van der Waals surface area (Å²) < 4.78 is 0. The van der Waals surface area contributed by atoms with Gasteiger partial charge in [0.25, 0.3) is 0 Å². The van der Waals surface area contributed by atoms with Gasteiger partial charge < -0.3 is 10.4 Å². The van der Waals surface area contributed by atoms with Crippen molar-refractivity contribution < 1.29 is 9.90 Å². The number of anilines is 1. The molecule has 0 heterocycles. The van der Waals surface area contributed by atoms with Crippen molar-refractivity contribution in [3.63, 3.8) is 0 Å². The topological polar surface area (TPSA) is 49.3 Å². The Morgan fingerprint density at radius 1 is 1.10 bits per heavy atom. The van der Waals surface area contributed by atoms with E-state index in [1.165, 1.54) is 5.56 Å². The van der Waals surface area contributed by atoms with Gasteiger partial charge >= 0.3 is 0 Å². The van der Waals surface area contributed by atoms with Crippen LogP contribution in [-0.2, 0) is 11.2 Å². The number of aryl methyl sites for hydroxylation is 1. The van der Waals surface area contributed by atoms with Gasteiger partial charge in [-0.05, 0) is 43.0 Å². The smallest absolute Gasteiger partial charge is 0.224 e. The molecule has 1 unspecified atom stereocenters. The van der Waals surface area contributed by atoms with Crippen LogP contribution in [0.1, 0.15) is 37.0 Å². The molecule has 0 aromatic heterocycles. The predicted octanol–water partition coefficient (Wildman–Crippen LogP) is 3.70. The maximum atomic E-state index is 11.9. The molecule has 2 aromatic rings. The van der Waals surface area contributed by atoms with Gasteiger partial charge in [0.05, 0.1) is 6.10 Å². The highest BCUT2D eigenvalue weighted by Crippen LogP contribution is 2.16. The summed E-state index contributed by atoms with van der Waals surface area (Å²) >= 11 is 0. The van der Waals surface area contributed by atoms with Gasteiger partial charge in [-0.1, -0.05) is 42.5 Å². The number of carbonyl (C=O) groups is 1. The summed E-state index contributed by atoms with van der Waals surface area (Å²) in [6, 6.07) is 17.5. The molecule has 21 heavy (non-hydrogen) atoms. The zero-order valence-electron chi connectivity index (χ0n) is 12.3. The maximum Gasteiger partial charge on any atom is 0.224 e. The first-order valence-corrected chi connectivity index (χ1v) is 7.27. The quantitative estimate of drug-likeness (QED) is 0.849. The number of hydrogen-bond acceptors (Lipinski definition) is 2. The molecule has 0 radical (unpaired) electrons. The molecule has 0 saturated heterocycles. The van der Waals surface area contributed by atoms with Crippen LogP contribution in [0.25, 0.3) is 0 Å². The lowest BCUT2D eigenvalue weighted by Crippen LogP contribution is -2.11. The van der Waals surface area contributed by atoms with E-state index in [0.29, 0.717) is 6.42 Å². The minimum atomic E-state index is -0.486. The first-order valence-electron chi connectivity index (χ1n) is 7.27. The molecule has 0 fully saturated rings. The Morgan fingerprint density at radius 2 is 1.76 bits per heavy atom. The van der Waals surface area contributed by atoms with Crippen molar-refractivity contribution in [2.75, 3.05) is 5.32 Å². The Hall–Kier alpha value is -2.13. The second-order valence-electron chi connectivity index (χ2n) is 5.19. The van der Waals surface area contributed by atoms with Crippen molar-refractivity contribution >= 4 is 11.6 Å². The Kier molecular flexibility index (Phi) is 5.52. The lowest BCUT2D eigenvalue weighted by Gasteiger charge is -2.08. The Morgan fingerprint density at radius 3 is 2.38 bits per heavy atom. The van der Waals surface area contributed by atoms with Crippen molar-refractivity contribution in [2.24, 2.45) is 0 Å². The second kappa shape index (κ2) is 7.60. The van der Waals surface area contributed by atoms with Crippen molar-refractivity contribution in [3.8, 4) is 0 Å². The fourth-order valence-corrected chi connectivity index (χ4v) is 2.17. The Labute approximate surface area is 125 Å². The van der Waals surface area contributed by atoms with Crippen LogP contribution in [-0.4, -0.2) is 11.0 Å². The summed E-state index contributed by atoms with van der Waals surface area (Å²) in [7, 11) is 0. The first kappa shape index (κ1) is 15.3. The summed E-state index contributed by atoms with van der Waals surface area (Å²) in [5.41, 5.74) is 2.87. The number of rotatable bonds is 6. The van der Waals surface area contributed by atoms with E-state index in [1.54, 1.807) is 6.92 Å². The van der Waals surface area contributed by atoms with Crippen LogP contribution in [0.3, 0.4) is 0 Å². The van der Waals surface area contributed by atoms with Crippen molar-refractivity contribution in [1.82, 2.24) is 0 Å². The number of benzene rings is 2. The molecule has 0 bridgehead atoms. The number of carbonyl (C=O) groups excluding carboxylic acids is 1. The molecule has 0 saturated carbocycles. The van der Waals surface area contributed by atoms with Gasteiger partial charge in [0.1, 0.15) is 0 Å². The summed E-state index contributed by atoms with van der Waals surface area (Å²) in [5, 5.41) is 12.3. The Bertz CT molecular complexity index is 562. The second-order valence-corrected chi connectivity index (χ2v) is 5.19. The third kappa shape index (κ3) is 5.04. The summed E-state index contributed by atoms with van der Waals surface area (Å²) in [4.78, 5) is 11.9. The molecule has 0 aliphatic heterocycles. The number of nitrogens with one attached hydrogen (secondary N) is 1. The first-order chi connectivity index (χ1) is 10.1. The van der Waals surface area contributed by atoms with Crippen LogP contribution in [0, 0.1) is 0 Å². The largest absolute Gasteiger partial charge is 0.389 e. The highest BCUT2D eigenvalue weighted by atomic mass is 16.3. The number of aliphatic hydroxyl groups is 1. The van der Waals surface area contributed by atoms with E-state index in [0.717, 1.165) is 24.1 Å². The predicted molar refractivity (Wildman–Crippen MR) is 85.1 cm³/mol. The van der Waals surface area contributed by atoms with E-state index in [2.05, 4.69) is 17.4 Å². The SMILES string of the molecule is CC(O)c1ccc(NC(=O)CCCc2ccccc2)cc1. The van der Waals surface area contributed by atoms with E-state index in [1.807, 2.05) is 42.5 Å². The van der Waals surface area contributed by atoms with E-state index < -0.39 is 6.10 Å². The lowest BCUT2D eigenvalue weighted by atomic mass is 10.1. The molecular weight excluding hydrogens is 262 g/mol. The molecule has 110 valence electrons. The molecule has 3 nitrogen and oxygen atoms in total. The van der Waals surface area contributed by atoms with Gasteiger partial charge in [0, 0.05) is 12.1 Å². The minimum Gasteiger partial charge on any atom is -0.389 e. The lowest BCUT2D eigenvalue weighted by molar-refractivity contribution is -0.116. The van der Waals surface area contributed by atoms with E-state index >= 15 is 0 Å². The fraction of sp³-hybridized carbons (Fsp3) is 0.278. The van der Waals surface area contributed by atoms with Gasteiger partial charge in [0.15, 0.2) is 0 Å². The molecule has 0 spiro atoms. The van der Waals surface area contributed by atoms with Crippen molar-refractivity contribution in [3.05, 3.63) is 65.7 Å². The number of aliphatic hydroxyl groups excluding tert-OH is 1. The standard InChI is InChI=1S/C18H21NO2/c1-14(20)16-10-12-17(13-11-16)19-18(21)9-5-8-15-6-3-2-4-7-15/h2-4,6-7,10-14,20H,5,8-9H2,1H3,(H,19,21). The molecule has 1 amide bonds. The van der Waals surface area contributed by atoms with Gasteiger partial charge in [-0.25, -0.2) is 0 Å². The molecule has 2 aromatic carbocycles. The molecular formula is C18H21NO2.